The Bertz CT molecular complexity index is 2440. The Balaban J connectivity index is 0.999. The van der Waals surface area contributed by atoms with Gasteiger partial charge in [0.25, 0.3) is 11.8 Å². The van der Waals surface area contributed by atoms with E-state index in [9.17, 15) is 19.5 Å². The Morgan fingerprint density at radius 2 is 1.02 bits per heavy atom. The van der Waals surface area contributed by atoms with Gasteiger partial charge in [-0.2, -0.15) is 0 Å². The molecule has 0 fully saturated rings. The molecule has 0 saturated heterocycles. The topological polar surface area (TPSA) is 132 Å². The molecule has 0 spiro atoms. The Morgan fingerprint density at radius 1 is 0.564 bits per heavy atom. The van der Waals surface area contributed by atoms with Crippen molar-refractivity contribution in [2.45, 2.75) is 0 Å². The summed E-state index contributed by atoms with van der Waals surface area (Å²) >= 11 is 0. The Morgan fingerprint density at radius 3 is 1.51 bits per heavy atom. The second-order valence-electron chi connectivity index (χ2n) is 12.2. The number of amides is 2. The summed E-state index contributed by atoms with van der Waals surface area (Å²) in [5.41, 5.74) is 2.68. The van der Waals surface area contributed by atoms with Gasteiger partial charge in [-0.15, -0.1) is 0 Å². The summed E-state index contributed by atoms with van der Waals surface area (Å²) in [6, 6.07) is 37.0. The molecule has 0 heterocycles. The van der Waals surface area contributed by atoms with Gasteiger partial charge in [0, 0.05) is 28.2 Å². The summed E-state index contributed by atoms with van der Waals surface area (Å²) in [6.45, 7) is -0.466. The van der Waals surface area contributed by atoms with Crippen molar-refractivity contribution >= 4 is 62.7 Å². The lowest BCUT2D eigenvalue weighted by molar-refractivity contribution is -0.118. The fourth-order valence-corrected chi connectivity index (χ4v) is 5.74. The first-order chi connectivity index (χ1) is 26.8. The molecule has 10 nitrogen and oxygen atoms in total. The van der Waals surface area contributed by atoms with E-state index in [1.165, 1.54) is 26.4 Å². The third-order valence-corrected chi connectivity index (χ3v) is 8.40. The first kappa shape index (κ1) is 37.4. The number of carbonyl (C=O) groups is 3. The number of hydrogen-bond donors (Lipinski definition) is 3. The Hall–Kier alpha value is -7.33. The largest absolute Gasteiger partial charge is 0.508 e. The van der Waals surface area contributed by atoms with Gasteiger partial charge < -0.3 is 34.7 Å². The number of fused-ring (bicyclic) bond motifs is 2. The molecule has 6 aromatic carbocycles. The summed E-state index contributed by atoms with van der Waals surface area (Å²) in [6.07, 6.45) is 6.95. The highest BCUT2D eigenvalue weighted by Gasteiger charge is 2.12. The third-order valence-electron chi connectivity index (χ3n) is 8.40. The van der Waals surface area contributed by atoms with Crippen LogP contribution in [-0.2, 0) is 14.4 Å². The van der Waals surface area contributed by atoms with Crippen molar-refractivity contribution in [1.29, 1.82) is 0 Å². The lowest BCUT2D eigenvalue weighted by atomic mass is 10.1. The van der Waals surface area contributed by atoms with Crippen LogP contribution in [0.1, 0.15) is 11.1 Å². The molecule has 0 unspecified atom stereocenters. The van der Waals surface area contributed by atoms with Gasteiger partial charge in [-0.05, 0) is 70.4 Å². The van der Waals surface area contributed by atoms with Crippen LogP contribution in [0.5, 0.6) is 23.0 Å². The minimum Gasteiger partial charge on any atom is -0.508 e. The van der Waals surface area contributed by atoms with E-state index in [0.29, 0.717) is 45.5 Å². The second kappa shape index (κ2) is 17.9. The van der Waals surface area contributed by atoms with E-state index in [1.807, 2.05) is 84.9 Å². The van der Waals surface area contributed by atoms with Gasteiger partial charge in [0.05, 0.1) is 14.2 Å². The first-order valence-corrected chi connectivity index (χ1v) is 17.3. The molecule has 55 heavy (non-hydrogen) atoms. The number of ether oxygens (including phenoxy) is 4. The van der Waals surface area contributed by atoms with Crippen LogP contribution in [0, 0.1) is 0 Å². The number of carbonyl (C=O) groups excluding carboxylic acids is 3. The van der Waals surface area contributed by atoms with Crippen LogP contribution in [0.15, 0.2) is 145 Å². The summed E-state index contributed by atoms with van der Waals surface area (Å²) < 4.78 is 22.4. The first-order valence-electron chi connectivity index (χ1n) is 17.3. The lowest BCUT2D eigenvalue weighted by Gasteiger charge is -2.12. The molecule has 0 aromatic heterocycles. The zero-order chi connectivity index (χ0) is 38.6. The molecule has 6 rings (SSSR count). The summed E-state index contributed by atoms with van der Waals surface area (Å²) in [4.78, 5) is 37.9. The smallest absolute Gasteiger partial charge is 0.262 e. The van der Waals surface area contributed by atoms with Crippen molar-refractivity contribution in [1.82, 2.24) is 0 Å². The molecule has 0 radical (unpaired) electrons. The van der Waals surface area contributed by atoms with Crippen LogP contribution in [0.4, 0.5) is 11.4 Å². The second-order valence-corrected chi connectivity index (χ2v) is 12.2. The number of aliphatic hydroxyl groups is 1. The number of allylic oxidation sites excluding steroid dienone is 3. The monoisotopic (exact) mass is 734 g/mol. The summed E-state index contributed by atoms with van der Waals surface area (Å²) in [5.74, 6) is 0.136. The molecule has 0 aliphatic rings. The molecule has 0 bridgehead atoms. The van der Waals surface area contributed by atoms with E-state index >= 15 is 0 Å². The number of anilines is 2. The highest BCUT2D eigenvalue weighted by molar-refractivity contribution is 6.04. The van der Waals surface area contributed by atoms with Crippen molar-refractivity contribution in [2.75, 3.05) is 38.1 Å². The Kier molecular flexibility index (Phi) is 12.2. The maximum absolute atomic E-state index is 12.7. The highest BCUT2D eigenvalue weighted by Crippen LogP contribution is 2.31. The van der Waals surface area contributed by atoms with E-state index in [-0.39, 0.29) is 30.8 Å². The van der Waals surface area contributed by atoms with Gasteiger partial charge in [0.1, 0.15) is 5.76 Å². The maximum Gasteiger partial charge on any atom is 0.262 e. The average Bonchev–Trinajstić information content (AvgIpc) is 3.21. The molecule has 10 heteroatoms. The van der Waals surface area contributed by atoms with Crippen LogP contribution in [0.25, 0.3) is 33.7 Å². The predicted molar refractivity (Wildman–Crippen MR) is 216 cm³/mol. The number of hydrogen-bond acceptors (Lipinski definition) is 8. The van der Waals surface area contributed by atoms with Crippen molar-refractivity contribution < 1.29 is 38.4 Å². The van der Waals surface area contributed by atoms with E-state index in [0.717, 1.165) is 27.6 Å². The van der Waals surface area contributed by atoms with Crippen LogP contribution < -0.4 is 29.6 Å². The zero-order valence-electron chi connectivity index (χ0n) is 30.2. The Labute approximate surface area is 317 Å². The highest BCUT2D eigenvalue weighted by atomic mass is 16.5. The van der Waals surface area contributed by atoms with E-state index in [2.05, 4.69) is 10.6 Å². The molecular weight excluding hydrogens is 697 g/mol. The molecule has 3 N–H and O–H groups in total. The summed E-state index contributed by atoms with van der Waals surface area (Å²) in [7, 11) is 2.96. The fourth-order valence-electron chi connectivity index (χ4n) is 5.74. The average molecular weight is 735 g/mol. The quantitative estimate of drug-likeness (QED) is 0.0542. The zero-order valence-corrected chi connectivity index (χ0v) is 30.2. The van der Waals surface area contributed by atoms with Crippen LogP contribution in [0.2, 0.25) is 0 Å². The number of ketones is 1. The predicted octanol–water partition coefficient (Wildman–Crippen LogP) is 8.78. The van der Waals surface area contributed by atoms with Gasteiger partial charge in [0.2, 0.25) is 0 Å². The van der Waals surface area contributed by atoms with Crippen molar-refractivity contribution in [3.05, 3.63) is 156 Å². The lowest BCUT2D eigenvalue weighted by Crippen LogP contribution is -2.20. The van der Waals surface area contributed by atoms with E-state index < -0.39 is 5.78 Å². The number of benzene rings is 6. The molecule has 0 aliphatic heterocycles. The molecule has 0 atom stereocenters. The normalized spacial score (nSPS) is 11.5. The van der Waals surface area contributed by atoms with Gasteiger partial charge in [-0.1, -0.05) is 97.1 Å². The minimum absolute atomic E-state index is 0.232. The van der Waals surface area contributed by atoms with E-state index in [4.69, 9.17) is 18.9 Å². The van der Waals surface area contributed by atoms with Crippen LogP contribution in [-0.4, -0.2) is 50.1 Å². The maximum atomic E-state index is 12.7. The van der Waals surface area contributed by atoms with Crippen LogP contribution >= 0.6 is 0 Å². The molecular formula is C45H38N2O8. The number of aliphatic hydroxyl groups excluding tert-OH is 1. The van der Waals surface area contributed by atoms with Crippen LogP contribution in [0.3, 0.4) is 0 Å². The molecule has 0 aliphatic carbocycles. The van der Waals surface area contributed by atoms with Gasteiger partial charge in [-0.3, -0.25) is 14.4 Å². The number of methoxy groups -OCH3 is 2. The van der Waals surface area contributed by atoms with Gasteiger partial charge in [0.15, 0.2) is 42.0 Å². The SMILES string of the molecule is COc1cc(/C=C/C(=O)/C=C(O)/C=C/c2ccc(OCC(=O)Nc3cccc4ccccc34)c(OC)c2)ccc1OCC(=O)Nc1cccc2ccccc12. The van der Waals surface area contributed by atoms with Crippen molar-refractivity contribution in [2.24, 2.45) is 0 Å². The van der Waals surface area contributed by atoms with E-state index in [1.54, 1.807) is 48.6 Å². The number of nitrogens with one attached hydrogen (secondary N) is 2. The number of rotatable bonds is 15. The van der Waals surface area contributed by atoms with Gasteiger partial charge >= 0.3 is 0 Å². The van der Waals surface area contributed by atoms with Crippen molar-refractivity contribution in [3.8, 4) is 23.0 Å². The summed E-state index contributed by atoms with van der Waals surface area (Å²) in [5, 5.41) is 20.1. The molecule has 2 amide bonds. The molecule has 6 aromatic rings. The minimum atomic E-state index is -0.449. The molecule has 276 valence electrons. The third kappa shape index (κ3) is 9.97. The standard InChI is InChI=1S/C45H38N2O8/c1-52-42-25-30(19-23-40(42)54-28-44(50)46-38-15-7-11-32-9-3-5-13-36(32)38)17-21-34(48)27-35(49)22-18-31-20-24-41(43(26-31)53-2)55-29-45(51)47-39-16-8-12-33-10-4-6-14-37(33)39/h3-27,48H,28-29H2,1-2H3,(H,46,50)(H,47,51)/b21-17+,22-18+,34-27-. The molecule has 0 saturated carbocycles. The fraction of sp³-hybridized carbons (Fsp3) is 0.0889. The van der Waals surface area contributed by atoms with Crippen molar-refractivity contribution in [3.63, 3.8) is 0 Å². The van der Waals surface area contributed by atoms with Gasteiger partial charge in [-0.25, -0.2) is 0 Å².